The third kappa shape index (κ3) is 3.25. The summed E-state index contributed by atoms with van der Waals surface area (Å²) >= 11 is 5.95. The Morgan fingerprint density at radius 1 is 1.50 bits per heavy atom. The van der Waals surface area contributed by atoms with Crippen LogP contribution in [-0.4, -0.2) is 44.1 Å². The molecule has 0 spiro atoms. The van der Waals surface area contributed by atoms with Gasteiger partial charge in [0.2, 0.25) is 0 Å². The summed E-state index contributed by atoms with van der Waals surface area (Å²) in [6.07, 6.45) is 3.28. The van der Waals surface area contributed by atoms with Gasteiger partial charge in [0.1, 0.15) is 5.75 Å². The van der Waals surface area contributed by atoms with E-state index in [0.717, 1.165) is 25.9 Å². The smallest absolute Gasteiger partial charge is 0.257 e. The van der Waals surface area contributed by atoms with Crippen LogP contribution in [0.25, 0.3) is 0 Å². The summed E-state index contributed by atoms with van der Waals surface area (Å²) in [5.74, 6) is 0.565. The number of amides is 1. The van der Waals surface area contributed by atoms with Gasteiger partial charge in [0.15, 0.2) is 0 Å². The molecule has 110 valence electrons. The topological polar surface area (TPSA) is 41.6 Å². The lowest BCUT2D eigenvalue weighted by Gasteiger charge is -2.36. The van der Waals surface area contributed by atoms with E-state index in [2.05, 4.69) is 5.32 Å². The molecule has 0 bridgehead atoms. The number of benzene rings is 1. The standard InChI is InChI=1S/C15H21ClN2O2/c1-17-10-12-5-3-4-8-18(12)15(19)13-7-6-11(16)9-14(13)20-2/h6-7,9,12,17H,3-5,8,10H2,1-2H3. The predicted octanol–water partition coefficient (Wildman–Crippen LogP) is 2.56. The zero-order chi connectivity index (χ0) is 14.5. The van der Waals surface area contributed by atoms with Crippen molar-refractivity contribution in [3.05, 3.63) is 28.8 Å². The number of piperidine rings is 1. The lowest BCUT2D eigenvalue weighted by molar-refractivity contribution is 0.0611. The van der Waals surface area contributed by atoms with Gasteiger partial charge in [-0.15, -0.1) is 0 Å². The first kappa shape index (κ1) is 15.1. The summed E-state index contributed by atoms with van der Waals surface area (Å²) in [6, 6.07) is 5.41. The van der Waals surface area contributed by atoms with Crippen molar-refractivity contribution in [3.63, 3.8) is 0 Å². The molecule has 0 aromatic heterocycles. The lowest BCUT2D eigenvalue weighted by Crippen LogP contribution is -2.48. The van der Waals surface area contributed by atoms with Crippen LogP contribution < -0.4 is 10.1 Å². The Kier molecular flexibility index (Phi) is 5.26. The molecule has 1 aliphatic heterocycles. The highest BCUT2D eigenvalue weighted by Gasteiger charge is 2.28. The molecule has 0 saturated carbocycles. The molecule has 0 radical (unpaired) electrons. The van der Waals surface area contributed by atoms with Crippen molar-refractivity contribution >= 4 is 17.5 Å². The van der Waals surface area contributed by atoms with Crippen molar-refractivity contribution in [2.45, 2.75) is 25.3 Å². The van der Waals surface area contributed by atoms with Crippen LogP contribution >= 0.6 is 11.6 Å². The van der Waals surface area contributed by atoms with Crippen LogP contribution in [-0.2, 0) is 0 Å². The van der Waals surface area contributed by atoms with Gasteiger partial charge >= 0.3 is 0 Å². The van der Waals surface area contributed by atoms with Crippen molar-refractivity contribution in [1.82, 2.24) is 10.2 Å². The molecular weight excluding hydrogens is 276 g/mol. The number of nitrogens with zero attached hydrogens (tertiary/aromatic N) is 1. The second-order valence-corrected chi connectivity index (χ2v) is 5.49. The number of carbonyl (C=O) groups is 1. The van der Waals surface area contributed by atoms with Crippen LogP contribution in [0.15, 0.2) is 18.2 Å². The van der Waals surface area contributed by atoms with Crippen molar-refractivity contribution in [2.24, 2.45) is 0 Å². The summed E-state index contributed by atoms with van der Waals surface area (Å²) in [5, 5.41) is 3.74. The maximum Gasteiger partial charge on any atom is 0.257 e. The van der Waals surface area contributed by atoms with E-state index in [1.807, 2.05) is 11.9 Å². The molecule has 1 unspecified atom stereocenters. The van der Waals surface area contributed by atoms with E-state index in [9.17, 15) is 4.79 Å². The van der Waals surface area contributed by atoms with E-state index in [4.69, 9.17) is 16.3 Å². The molecule has 1 saturated heterocycles. The minimum Gasteiger partial charge on any atom is -0.496 e. The van der Waals surface area contributed by atoms with Crippen LogP contribution in [0, 0.1) is 0 Å². The fraction of sp³-hybridized carbons (Fsp3) is 0.533. The second kappa shape index (κ2) is 6.95. The largest absolute Gasteiger partial charge is 0.496 e. The molecule has 1 aromatic rings. The predicted molar refractivity (Wildman–Crippen MR) is 80.6 cm³/mol. The van der Waals surface area contributed by atoms with Crippen LogP contribution in [0.3, 0.4) is 0 Å². The van der Waals surface area contributed by atoms with Gasteiger partial charge in [-0.1, -0.05) is 11.6 Å². The molecule has 2 rings (SSSR count). The highest BCUT2D eigenvalue weighted by molar-refractivity contribution is 6.30. The highest BCUT2D eigenvalue weighted by atomic mass is 35.5. The first-order valence-corrected chi connectivity index (χ1v) is 7.34. The molecule has 1 amide bonds. The quantitative estimate of drug-likeness (QED) is 0.928. The molecule has 4 nitrogen and oxygen atoms in total. The van der Waals surface area contributed by atoms with Gasteiger partial charge in [-0.2, -0.15) is 0 Å². The Balaban J connectivity index is 2.24. The number of hydrogen-bond donors (Lipinski definition) is 1. The number of likely N-dealkylation sites (N-methyl/N-ethyl adjacent to an activating group) is 1. The van der Waals surface area contributed by atoms with E-state index >= 15 is 0 Å². The third-order valence-corrected chi connectivity index (χ3v) is 3.96. The third-order valence-electron chi connectivity index (χ3n) is 3.72. The van der Waals surface area contributed by atoms with E-state index in [-0.39, 0.29) is 11.9 Å². The number of ether oxygens (including phenoxy) is 1. The number of rotatable bonds is 4. The average Bonchev–Trinajstić information content (AvgIpc) is 2.47. The van der Waals surface area contributed by atoms with E-state index in [0.29, 0.717) is 16.3 Å². The summed E-state index contributed by atoms with van der Waals surface area (Å²) < 4.78 is 5.29. The van der Waals surface area contributed by atoms with Crippen molar-refractivity contribution < 1.29 is 9.53 Å². The Hall–Kier alpha value is -1.26. The maximum atomic E-state index is 12.8. The Labute approximate surface area is 125 Å². The monoisotopic (exact) mass is 296 g/mol. The van der Waals surface area contributed by atoms with Crippen molar-refractivity contribution in [2.75, 3.05) is 27.2 Å². The number of likely N-dealkylation sites (tertiary alicyclic amines) is 1. The Morgan fingerprint density at radius 3 is 3.00 bits per heavy atom. The molecule has 0 aliphatic carbocycles. The summed E-state index contributed by atoms with van der Waals surface area (Å²) in [7, 11) is 3.48. The minimum atomic E-state index is 0.0264. The van der Waals surface area contributed by atoms with Gasteiger partial charge in [-0.3, -0.25) is 4.79 Å². The number of hydrogen-bond acceptors (Lipinski definition) is 3. The summed E-state index contributed by atoms with van der Waals surface area (Å²) in [4.78, 5) is 14.7. The molecule has 1 aromatic carbocycles. The highest BCUT2D eigenvalue weighted by Crippen LogP contribution is 2.27. The minimum absolute atomic E-state index is 0.0264. The van der Waals surface area contributed by atoms with Gasteiger partial charge in [0.25, 0.3) is 5.91 Å². The molecule has 1 N–H and O–H groups in total. The molecule has 20 heavy (non-hydrogen) atoms. The number of methoxy groups -OCH3 is 1. The van der Waals surface area contributed by atoms with Gasteiger partial charge < -0.3 is 15.0 Å². The average molecular weight is 297 g/mol. The fourth-order valence-electron chi connectivity index (χ4n) is 2.71. The van der Waals surface area contributed by atoms with Crippen molar-refractivity contribution in [1.29, 1.82) is 0 Å². The maximum absolute atomic E-state index is 12.8. The van der Waals surface area contributed by atoms with Gasteiger partial charge in [0.05, 0.1) is 12.7 Å². The summed E-state index contributed by atoms with van der Waals surface area (Å²) in [6.45, 7) is 1.62. The van der Waals surface area contributed by atoms with Crippen LogP contribution in [0.1, 0.15) is 29.6 Å². The molecular formula is C15H21ClN2O2. The molecule has 5 heteroatoms. The first-order valence-electron chi connectivity index (χ1n) is 6.96. The zero-order valence-electron chi connectivity index (χ0n) is 12.0. The molecule has 1 aliphatic rings. The van der Waals surface area contributed by atoms with E-state index < -0.39 is 0 Å². The number of carbonyl (C=O) groups excluding carboxylic acids is 1. The Bertz CT molecular complexity index is 477. The molecule has 1 heterocycles. The first-order chi connectivity index (χ1) is 9.67. The van der Waals surface area contributed by atoms with Crippen LogP contribution in [0.5, 0.6) is 5.75 Å². The lowest BCUT2D eigenvalue weighted by atomic mass is 10.0. The van der Waals surface area contributed by atoms with Crippen LogP contribution in [0.4, 0.5) is 0 Å². The molecule has 1 atom stereocenters. The van der Waals surface area contributed by atoms with E-state index in [1.165, 1.54) is 6.42 Å². The SMILES string of the molecule is CNCC1CCCCN1C(=O)c1ccc(Cl)cc1OC. The van der Waals surface area contributed by atoms with E-state index in [1.54, 1.807) is 25.3 Å². The number of nitrogens with one attached hydrogen (secondary N) is 1. The second-order valence-electron chi connectivity index (χ2n) is 5.05. The summed E-state index contributed by atoms with van der Waals surface area (Å²) in [5.41, 5.74) is 0.583. The van der Waals surface area contributed by atoms with Gasteiger partial charge in [0, 0.05) is 24.2 Å². The van der Waals surface area contributed by atoms with Crippen LogP contribution in [0.2, 0.25) is 5.02 Å². The number of halogens is 1. The Morgan fingerprint density at radius 2 is 2.30 bits per heavy atom. The fourth-order valence-corrected chi connectivity index (χ4v) is 2.87. The van der Waals surface area contributed by atoms with Gasteiger partial charge in [-0.25, -0.2) is 0 Å². The normalized spacial score (nSPS) is 18.9. The van der Waals surface area contributed by atoms with Gasteiger partial charge in [-0.05, 0) is 44.5 Å². The van der Waals surface area contributed by atoms with Crippen molar-refractivity contribution in [3.8, 4) is 5.75 Å². The zero-order valence-corrected chi connectivity index (χ0v) is 12.7. The molecule has 1 fully saturated rings.